The van der Waals surface area contributed by atoms with E-state index in [0.717, 1.165) is 6.26 Å². The second-order valence-corrected chi connectivity index (χ2v) is 5.23. The highest BCUT2D eigenvalue weighted by molar-refractivity contribution is 5.69. The number of halogens is 6. The van der Waals surface area contributed by atoms with Gasteiger partial charge in [-0.05, 0) is 25.1 Å². The van der Waals surface area contributed by atoms with Crippen LogP contribution in [0.2, 0.25) is 0 Å². The van der Waals surface area contributed by atoms with E-state index in [1.807, 2.05) is 0 Å². The van der Waals surface area contributed by atoms with Gasteiger partial charge in [0.15, 0.2) is 5.89 Å². The minimum atomic E-state index is -4.95. The first-order chi connectivity index (χ1) is 12.0. The Morgan fingerprint density at radius 3 is 2.15 bits per heavy atom. The molecule has 0 spiro atoms. The van der Waals surface area contributed by atoms with E-state index in [2.05, 4.69) is 4.98 Å². The van der Waals surface area contributed by atoms with E-state index in [-0.39, 0.29) is 37.1 Å². The van der Waals surface area contributed by atoms with Crippen LogP contribution in [0.4, 0.5) is 26.3 Å². The van der Waals surface area contributed by atoms with E-state index in [4.69, 9.17) is 9.15 Å². The molecule has 1 aromatic carbocycles. The molecule has 10 heteroatoms. The average molecular weight is 381 g/mol. The number of oxazole rings is 1. The quantitative estimate of drug-likeness (QED) is 0.548. The molecule has 0 N–H and O–H groups in total. The van der Waals surface area contributed by atoms with Crippen molar-refractivity contribution in [3.8, 4) is 11.3 Å². The molecule has 0 aliphatic heterocycles. The van der Waals surface area contributed by atoms with Crippen LogP contribution in [0.1, 0.15) is 30.4 Å². The van der Waals surface area contributed by atoms with Crippen LogP contribution >= 0.6 is 0 Å². The van der Waals surface area contributed by atoms with Gasteiger partial charge in [-0.2, -0.15) is 26.3 Å². The number of rotatable bonds is 5. The number of nitrogens with zero attached hydrogens (tertiary/aromatic N) is 1. The zero-order valence-electron chi connectivity index (χ0n) is 13.4. The molecule has 0 saturated carbocycles. The number of aryl methyl sites for hydroxylation is 1. The molecule has 1 aromatic heterocycles. The van der Waals surface area contributed by atoms with E-state index < -0.39 is 35.0 Å². The van der Waals surface area contributed by atoms with Crippen molar-refractivity contribution in [2.45, 2.75) is 32.1 Å². The summed E-state index contributed by atoms with van der Waals surface area (Å²) in [5, 5.41) is 0. The Bertz CT molecular complexity index is 747. The second-order valence-electron chi connectivity index (χ2n) is 5.23. The Morgan fingerprint density at radius 1 is 1.08 bits per heavy atom. The number of benzene rings is 1. The Labute approximate surface area is 143 Å². The molecule has 4 nitrogen and oxygen atoms in total. The maximum Gasteiger partial charge on any atom is 0.416 e. The number of hydrogen-bond acceptors (Lipinski definition) is 4. The van der Waals surface area contributed by atoms with E-state index in [1.54, 1.807) is 6.92 Å². The third-order valence-electron chi connectivity index (χ3n) is 3.28. The number of hydrogen-bond donors (Lipinski definition) is 0. The van der Waals surface area contributed by atoms with Crippen molar-refractivity contribution < 1.29 is 40.3 Å². The van der Waals surface area contributed by atoms with Crippen molar-refractivity contribution in [3.05, 3.63) is 41.5 Å². The monoisotopic (exact) mass is 381 g/mol. The van der Waals surface area contributed by atoms with Crippen LogP contribution in [0, 0.1) is 0 Å². The molecule has 0 fully saturated rings. The van der Waals surface area contributed by atoms with E-state index in [1.165, 1.54) is 0 Å². The lowest BCUT2D eigenvalue weighted by molar-refractivity contribution is -0.144. The van der Waals surface area contributed by atoms with E-state index in [9.17, 15) is 31.1 Å². The van der Waals surface area contributed by atoms with Gasteiger partial charge >= 0.3 is 18.3 Å². The number of esters is 1. The van der Waals surface area contributed by atoms with Crippen LogP contribution in [-0.4, -0.2) is 17.6 Å². The summed E-state index contributed by atoms with van der Waals surface area (Å²) in [6.07, 6.45) is -9.04. The van der Waals surface area contributed by atoms with Gasteiger partial charge in [0.25, 0.3) is 0 Å². The summed E-state index contributed by atoms with van der Waals surface area (Å²) >= 11 is 0. The summed E-state index contributed by atoms with van der Waals surface area (Å²) < 4.78 is 87.0. The first kappa shape index (κ1) is 19.8. The van der Waals surface area contributed by atoms with E-state index in [0.29, 0.717) is 12.1 Å². The molecule has 142 valence electrons. The van der Waals surface area contributed by atoms with Crippen molar-refractivity contribution in [1.29, 1.82) is 0 Å². The number of aromatic nitrogens is 1. The minimum absolute atomic E-state index is 0.000904. The lowest BCUT2D eigenvalue weighted by atomic mass is 10.0. The topological polar surface area (TPSA) is 52.3 Å². The average Bonchev–Trinajstić information content (AvgIpc) is 3.00. The van der Waals surface area contributed by atoms with Gasteiger partial charge in [-0.1, -0.05) is 0 Å². The first-order valence-corrected chi connectivity index (χ1v) is 7.40. The van der Waals surface area contributed by atoms with Gasteiger partial charge in [-0.25, -0.2) is 4.98 Å². The molecule has 0 bridgehead atoms. The Morgan fingerprint density at radius 2 is 1.65 bits per heavy atom. The van der Waals surface area contributed by atoms with Crippen LogP contribution in [-0.2, 0) is 28.3 Å². The van der Waals surface area contributed by atoms with Gasteiger partial charge in [-0.3, -0.25) is 4.79 Å². The van der Waals surface area contributed by atoms with Crippen LogP contribution < -0.4 is 0 Å². The highest BCUT2D eigenvalue weighted by atomic mass is 19.4. The Hall–Kier alpha value is -2.52. The molecule has 2 aromatic rings. The number of carbonyl (C=O) groups excluding carboxylic acids is 1. The first-order valence-electron chi connectivity index (χ1n) is 7.40. The summed E-state index contributed by atoms with van der Waals surface area (Å²) in [6.45, 7) is 1.80. The molecule has 26 heavy (non-hydrogen) atoms. The standard InChI is InChI=1S/C16H13F6NO3/c1-2-25-14(24)4-3-13-23-12(8-26-13)9-5-10(15(17,18)19)7-11(6-9)16(20,21)22/h5-8H,2-4H2,1H3. The molecule has 0 radical (unpaired) electrons. The predicted molar refractivity (Wildman–Crippen MR) is 76.9 cm³/mol. The van der Waals surface area contributed by atoms with Crippen LogP contribution in [0.15, 0.2) is 28.9 Å². The largest absolute Gasteiger partial charge is 0.466 e. The Kier molecular flexibility index (Phi) is 5.62. The molecule has 0 aliphatic carbocycles. The fourth-order valence-electron chi connectivity index (χ4n) is 2.10. The summed E-state index contributed by atoms with van der Waals surface area (Å²) in [5.74, 6) is -0.523. The lowest BCUT2D eigenvalue weighted by Crippen LogP contribution is -2.11. The summed E-state index contributed by atoms with van der Waals surface area (Å²) in [5.41, 5.74) is -3.48. The number of alkyl halides is 6. The Balaban J connectivity index is 2.32. The maximum atomic E-state index is 12.9. The molecule has 0 atom stereocenters. The fourth-order valence-corrected chi connectivity index (χ4v) is 2.10. The van der Waals surface area contributed by atoms with Gasteiger partial charge in [0.1, 0.15) is 12.0 Å². The van der Waals surface area contributed by atoms with Crippen LogP contribution in [0.3, 0.4) is 0 Å². The lowest BCUT2D eigenvalue weighted by Gasteiger charge is -2.13. The minimum Gasteiger partial charge on any atom is -0.466 e. The smallest absolute Gasteiger partial charge is 0.416 e. The van der Waals surface area contributed by atoms with Crippen molar-refractivity contribution >= 4 is 5.97 Å². The van der Waals surface area contributed by atoms with Gasteiger partial charge < -0.3 is 9.15 Å². The molecule has 1 heterocycles. The normalized spacial score (nSPS) is 12.3. The third-order valence-corrected chi connectivity index (χ3v) is 3.28. The van der Waals surface area contributed by atoms with E-state index >= 15 is 0 Å². The van der Waals surface area contributed by atoms with Gasteiger partial charge in [0, 0.05) is 12.0 Å². The highest BCUT2D eigenvalue weighted by Gasteiger charge is 2.37. The van der Waals surface area contributed by atoms with Crippen molar-refractivity contribution in [3.63, 3.8) is 0 Å². The molecule has 0 saturated heterocycles. The molecular formula is C16H13F6NO3. The second kappa shape index (κ2) is 7.38. The number of ether oxygens (including phenoxy) is 1. The van der Waals surface area contributed by atoms with Crippen molar-refractivity contribution in [2.24, 2.45) is 0 Å². The van der Waals surface area contributed by atoms with Gasteiger partial charge in [0.2, 0.25) is 0 Å². The maximum absolute atomic E-state index is 12.9. The number of carbonyl (C=O) groups is 1. The summed E-state index contributed by atoms with van der Waals surface area (Å²) in [6, 6.07) is 1.15. The van der Waals surface area contributed by atoms with Crippen molar-refractivity contribution in [2.75, 3.05) is 6.61 Å². The predicted octanol–water partition coefficient (Wildman–Crippen LogP) is 4.87. The highest BCUT2D eigenvalue weighted by Crippen LogP contribution is 2.38. The molecule has 2 rings (SSSR count). The molecule has 0 amide bonds. The molecule has 0 aliphatic rings. The van der Waals surface area contributed by atoms with Crippen LogP contribution in [0.5, 0.6) is 0 Å². The van der Waals surface area contributed by atoms with Gasteiger partial charge in [0.05, 0.1) is 24.2 Å². The zero-order valence-corrected chi connectivity index (χ0v) is 13.4. The SMILES string of the molecule is CCOC(=O)CCc1nc(-c2cc(C(F)(F)F)cc(C(F)(F)F)c2)co1. The third kappa shape index (κ3) is 4.99. The fraction of sp³-hybridized carbons (Fsp3) is 0.375. The van der Waals surface area contributed by atoms with Crippen LogP contribution in [0.25, 0.3) is 11.3 Å². The summed E-state index contributed by atoms with van der Waals surface area (Å²) in [7, 11) is 0. The van der Waals surface area contributed by atoms with Crippen molar-refractivity contribution in [1.82, 2.24) is 4.98 Å². The molecular weight excluding hydrogens is 368 g/mol. The zero-order chi connectivity index (χ0) is 19.5. The molecule has 0 unspecified atom stereocenters. The van der Waals surface area contributed by atoms with Gasteiger partial charge in [-0.15, -0.1) is 0 Å². The summed E-state index contributed by atoms with van der Waals surface area (Å²) in [4.78, 5) is 15.1.